The fourth-order valence-electron chi connectivity index (χ4n) is 2.12. The zero-order chi connectivity index (χ0) is 21.3. The molecule has 0 bridgehead atoms. The lowest BCUT2D eigenvalue weighted by Gasteiger charge is -2.27. The molecule has 0 radical (unpaired) electrons. The number of anilines is 1. The molecule has 2 aromatic rings. The lowest BCUT2D eigenvalue weighted by Crippen LogP contribution is -2.37. The van der Waals surface area contributed by atoms with Crippen LogP contribution >= 0.6 is 0 Å². The first-order valence-corrected chi connectivity index (χ1v) is 7.93. The predicted octanol–water partition coefficient (Wildman–Crippen LogP) is 2.45. The highest BCUT2D eigenvalue weighted by atomic mass is 19.4. The van der Waals surface area contributed by atoms with Gasteiger partial charge in [0, 0.05) is 13.2 Å². The SMILES string of the molecule is CN(c1ccc(C(=O)O)cn1)C(CO)Cc1ccccc1.O=C(O)C(F)(F)F. The number of nitrogens with zero attached hydrogens (tertiary/aromatic N) is 2. The second-order valence-electron chi connectivity index (χ2n) is 5.65. The Morgan fingerprint density at radius 1 is 1.11 bits per heavy atom. The summed E-state index contributed by atoms with van der Waals surface area (Å²) in [6, 6.07) is 12.9. The number of likely N-dealkylation sites (N-methyl/N-ethyl adjacent to an activating group) is 1. The largest absolute Gasteiger partial charge is 0.490 e. The summed E-state index contributed by atoms with van der Waals surface area (Å²) in [6.45, 7) is -0.00619. The number of aliphatic hydroxyl groups excluding tert-OH is 1. The fraction of sp³-hybridized carbons (Fsp3) is 0.278. The zero-order valence-corrected chi connectivity index (χ0v) is 14.8. The molecule has 3 N–H and O–H groups in total. The average Bonchev–Trinajstić information content (AvgIpc) is 2.66. The van der Waals surface area contributed by atoms with Gasteiger partial charge in [0.2, 0.25) is 0 Å². The first-order valence-electron chi connectivity index (χ1n) is 7.93. The molecule has 0 aliphatic carbocycles. The van der Waals surface area contributed by atoms with Crippen LogP contribution < -0.4 is 4.90 Å². The van der Waals surface area contributed by atoms with Crippen molar-refractivity contribution < 1.29 is 38.1 Å². The van der Waals surface area contributed by atoms with Gasteiger partial charge in [-0.15, -0.1) is 0 Å². The van der Waals surface area contributed by atoms with Gasteiger partial charge in [-0.3, -0.25) is 0 Å². The summed E-state index contributed by atoms with van der Waals surface area (Å²) in [4.78, 5) is 25.7. The molecule has 1 aromatic heterocycles. The van der Waals surface area contributed by atoms with E-state index < -0.39 is 18.1 Å². The summed E-state index contributed by atoms with van der Waals surface area (Å²) in [5, 5.41) is 25.6. The predicted molar refractivity (Wildman–Crippen MR) is 94.3 cm³/mol. The van der Waals surface area contributed by atoms with E-state index in [0.29, 0.717) is 12.2 Å². The van der Waals surface area contributed by atoms with E-state index in [1.807, 2.05) is 42.3 Å². The standard InChI is InChI=1S/C16H18N2O3.C2HF3O2/c1-18(15-8-7-13(10-17-15)16(20)21)14(11-19)9-12-5-3-2-4-6-12;3-2(4,5)1(6)7/h2-8,10,14,19H,9,11H2,1H3,(H,20,21);(H,6,7). The van der Waals surface area contributed by atoms with Gasteiger partial charge in [-0.05, 0) is 24.1 Å². The summed E-state index contributed by atoms with van der Waals surface area (Å²) in [5.74, 6) is -3.12. The molecule has 28 heavy (non-hydrogen) atoms. The Morgan fingerprint density at radius 2 is 1.68 bits per heavy atom. The minimum absolute atomic E-state index is 0.00619. The van der Waals surface area contributed by atoms with Crippen molar-refractivity contribution in [2.75, 3.05) is 18.6 Å². The molecule has 152 valence electrons. The number of rotatable bonds is 6. The third-order valence-corrected chi connectivity index (χ3v) is 3.67. The van der Waals surface area contributed by atoms with Crippen LogP contribution in [0.2, 0.25) is 0 Å². The Hall–Kier alpha value is -3.14. The first kappa shape index (κ1) is 22.9. The summed E-state index contributed by atoms with van der Waals surface area (Å²) >= 11 is 0. The molecule has 0 aliphatic heterocycles. The number of pyridine rings is 1. The van der Waals surface area contributed by atoms with E-state index in [2.05, 4.69) is 4.98 Å². The number of aromatic carboxylic acids is 1. The van der Waals surface area contributed by atoms with Gasteiger partial charge >= 0.3 is 18.1 Å². The number of benzene rings is 1. The monoisotopic (exact) mass is 400 g/mol. The van der Waals surface area contributed by atoms with Crippen LogP contribution in [0.1, 0.15) is 15.9 Å². The van der Waals surface area contributed by atoms with Crippen molar-refractivity contribution >= 4 is 17.8 Å². The fourth-order valence-corrected chi connectivity index (χ4v) is 2.12. The quantitative estimate of drug-likeness (QED) is 0.683. The highest BCUT2D eigenvalue weighted by Gasteiger charge is 2.38. The Kier molecular flexibility index (Phi) is 8.39. The van der Waals surface area contributed by atoms with Gasteiger partial charge in [-0.1, -0.05) is 30.3 Å². The first-order chi connectivity index (χ1) is 13.1. The third-order valence-electron chi connectivity index (χ3n) is 3.67. The molecule has 1 heterocycles. The normalized spacial score (nSPS) is 11.8. The number of carboxylic acid groups (broad SMARTS) is 2. The van der Waals surface area contributed by atoms with Gasteiger partial charge in [0.05, 0.1) is 18.2 Å². The van der Waals surface area contributed by atoms with Crippen molar-refractivity contribution in [3.05, 3.63) is 59.8 Å². The molecule has 10 heteroatoms. The topological polar surface area (TPSA) is 111 Å². The van der Waals surface area contributed by atoms with Crippen molar-refractivity contribution in [2.24, 2.45) is 0 Å². The lowest BCUT2D eigenvalue weighted by atomic mass is 10.1. The van der Waals surface area contributed by atoms with E-state index in [0.717, 1.165) is 5.56 Å². The van der Waals surface area contributed by atoms with Crippen molar-refractivity contribution in [3.8, 4) is 0 Å². The van der Waals surface area contributed by atoms with Gasteiger partial charge in [0.25, 0.3) is 0 Å². The molecule has 1 atom stereocenters. The van der Waals surface area contributed by atoms with Gasteiger partial charge < -0.3 is 20.2 Å². The Balaban J connectivity index is 0.000000480. The Labute approximate surface area is 158 Å². The molecule has 0 amide bonds. The minimum atomic E-state index is -5.08. The van der Waals surface area contributed by atoms with Gasteiger partial charge in [-0.2, -0.15) is 13.2 Å². The molecule has 7 nitrogen and oxygen atoms in total. The molecule has 1 unspecified atom stereocenters. The number of hydrogen-bond donors (Lipinski definition) is 3. The van der Waals surface area contributed by atoms with E-state index >= 15 is 0 Å². The number of aliphatic hydroxyl groups is 1. The molecular formula is C18H19F3N2O5. The Morgan fingerprint density at radius 3 is 2.07 bits per heavy atom. The number of carboxylic acids is 2. The van der Waals surface area contributed by atoms with Crippen LogP contribution in [0.5, 0.6) is 0 Å². The second-order valence-corrected chi connectivity index (χ2v) is 5.65. The van der Waals surface area contributed by atoms with Gasteiger partial charge in [0.1, 0.15) is 5.82 Å². The minimum Gasteiger partial charge on any atom is -0.478 e. The number of alkyl halides is 3. The maximum absolute atomic E-state index is 10.8. The molecule has 0 saturated carbocycles. The molecular weight excluding hydrogens is 381 g/mol. The van der Waals surface area contributed by atoms with Crippen LogP contribution in [0.4, 0.5) is 19.0 Å². The highest BCUT2D eigenvalue weighted by molar-refractivity contribution is 5.87. The number of halogens is 3. The van der Waals surface area contributed by atoms with E-state index in [1.165, 1.54) is 12.3 Å². The summed E-state index contributed by atoms with van der Waals surface area (Å²) in [7, 11) is 1.84. The van der Waals surface area contributed by atoms with Crippen molar-refractivity contribution in [3.63, 3.8) is 0 Å². The van der Waals surface area contributed by atoms with Crippen LogP contribution in [0, 0.1) is 0 Å². The van der Waals surface area contributed by atoms with Crippen LogP contribution in [-0.2, 0) is 11.2 Å². The number of aromatic nitrogens is 1. The summed E-state index contributed by atoms with van der Waals surface area (Å²) in [5.41, 5.74) is 1.28. The van der Waals surface area contributed by atoms with Crippen LogP contribution in [0.15, 0.2) is 48.7 Å². The van der Waals surface area contributed by atoms with Crippen molar-refractivity contribution in [1.29, 1.82) is 0 Å². The summed E-state index contributed by atoms with van der Waals surface area (Å²) in [6.07, 6.45) is -3.07. The lowest BCUT2D eigenvalue weighted by molar-refractivity contribution is -0.192. The number of carbonyl (C=O) groups is 2. The molecule has 1 aromatic carbocycles. The van der Waals surface area contributed by atoms with E-state index in [4.69, 9.17) is 15.0 Å². The zero-order valence-electron chi connectivity index (χ0n) is 14.8. The molecule has 0 fully saturated rings. The molecule has 0 saturated heterocycles. The van der Waals surface area contributed by atoms with Crippen LogP contribution in [0.25, 0.3) is 0 Å². The van der Waals surface area contributed by atoms with E-state index in [-0.39, 0.29) is 18.2 Å². The van der Waals surface area contributed by atoms with Crippen LogP contribution in [-0.4, -0.2) is 58.1 Å². The van der Waals surface area contributed by atoms with Gasteiger partial charge in [-0.25, -0.2) is 14.6 Å². The highest BCUT2D eigenvalue weighted by Crippen LogP contribution is 2.16. The third kappa shape index (κ3) is 7.23. The maximum atomic E-state index is 10.8. The number of aliphatic carboxylic acids is 1. The Bertz CT molecular complexity index is 767. The molecule has 2 rings (SSSR count). The summed E-state index contributed by atoms with van der Waals surface area (Å²) < 4.78 is 31.7. The van der Waals surface area contributed by atoms with Crippen LogP contribution in [0.3, 0.4) is 0 Å². The van der Waals surface area contributed by atoms with Crippen molar-refractivity contribution in [2.45, 2.75) is 18.6 Å². The molecule has 0 aliphatic rings. The molecule has 0 spiro atoms. The average molecular weight is 400 g/mol. The van der Waals surface area contributed by atoms with E-state index in [9.17, 15) is 23.1 Å². The van der Waals surface area contributed by atoms with E-state index in [1.54, 1.807) is 6.07 Å². The van der Waals surface area contributed by atoms with Gasteiger partial charge in [0.15, 0.2) is 0 Å². The second kappa shape index (κ2) is 10.3. The van der Waals surface area contributed by atoms with Crippen molar-refractivity contribution in [1.82, 2.24) is 4.98 Å². The maximum Gasteiger partial charge on any atom is 0.490 e. The number of hydrogen-bond acceptors (Lipinski definition) is 5. The smallest absolute Gasteiger partial charge is 0.478 e.